The number of furan rings is 1. The summed E-state index contributed by atoms with van der Waals surface area (Å²) in [5.74, 6) is -0.0150. The third-order valence-corrected chi connectivity index (χ3v) is 4.94. The summed E-state index contributed by atoms with van der Waals surface area (Å²) < 4.78 is 7.61. The Bertz CT molecular complexity index is 1080. The van der Waals surface area contributed by atoms with E-state index >= 15 is 0 Å². The molecule has 4 aromatic rings. The van der Waals surface area contributed by atoms with Gasteiger partial charge in [0, 0.05) is 32.3 Å². The largest absolute Gasteiger partial charge is 0.463 e. The fourth-order valence-electron chi connectivity index (χ4n) is 3.41. The van der Waals surface area contributed by atoms with Crippen molar-refractivity contribution in [1.82, 2.24) is 9.47 Å². The Morgan fingerprint density at radius 3 is 2.56 bits per heavy atom. The van der Waals surface area contributed by atoms with Crippen molar-refractivity contribution in [2.45, 2.75) is 20.0 Å². The molecule has 1 amide bonds. The number of amides is 1. The molecule has 0 spiro atoms. The van der Waals surface area contributed by atoms with Gasteiger partial charge in [-0.15, -0.1) is 0 Å². The standard InChI is InChI=1S/C23H22N2O2/c1-17-8-6-7-11-19(17)16-25-20-12-13-27-22(20)14-21(25)23(26)24(2)15-18-9-4-3-5-10-18/h3-14H,15-16H2,1-2H3. The van der Waals surface area contributed by atoms with Crippen LogP contribution in [0.4, 0.5) is 0 Å². The van der Waals surface area contributed by atoms with Crippen LogP contribution in [0.15, 0.2) is 77.4 Å². The maximum Gasteiger partial charge on any atom is 0.270 e. The van der Waals surface area contributed by atoms with Crippen LogP contribution in [-0.4, -0.2) is 22.4 Å². The highest BCUT2D eigenvalue weighted by Gasteiger charge is 2.21. The molecule has 4 nitrogen and oxygen atoms in total. The second-order valence-corrected chi connectivity index (χ2v) is 6.86. The fraction of sp³-hybridized carbons (Fsp3) is 0.174. The van der Waals surface area contributed by atoms with Crippen LogP contribution in [0, 0.1) is 6.92 Å². The topological polar surface area (TPSA) is 38.4 Å². The summed E-state index contributed by atoms with van der Waals surface area (Å²) in [7, 11) is 1.84. The summed E-state index contributed by atoms with van der Waals surface area (Å²) in [6, 6.07) is 22.0. The van der Waals surface area contributed by atoms with Gasteiger partial charge in [0.25, 0.3) is 5.91 Å². The van der Waals surface area contributed by atoms with Gasteiger partial charge in [-0.2, -0.15) is 0 Å². The van der Waals surface area contributed by atoms with Crippen LogP contribution in [0.25, 0.3) is 11.1 Å². The van der Waals surface area contributed by atoms with Crippen LogP contribution < -0.4 is 0 Å². The average Bonchev–Trinajstić information content (AvgIpc) is 3.26. The lowest BCUT2D eigenvalue weighted by atomic mass is 10.1. The molecule has 27 heavy (non-hydrogen) atoms. The Balaban J connectivity index is 1.68. The molecule has 2 aromatic carbocycles. The van der Waals surface area contributed by atoms with E-state index in [2.05, 4.69) is 19.1 Å². The number of benzene rings is 2. The molecular weight excluding hydrogens is 336 g/mol. The second-order valence-electron chi connectivity index (χ2n) is 6.86. The zero-order valence-corrected chi connectivity index (χ0v) is 15.6. The Kier molecular flexibility index (Phi) is 4.55. The highest BCUT2D eigenvalue weighted by Crippen LogP contribution is 2.24. The van der Waals surface area contributed by atoms with Gasteiger partial charge in [-0.3, -0.25) is 4.79 Å². The molecule has 0 saturated carbocycles. The average molecular weight is 358 g/mol. The van der Waals surface area contributed by atoms with Crippen molar-refractivity contribution < 1.29 is 9.21 Å². The maximum absolute atomic E-state index is 13.2. The number of aryl methyl sites for hydroxylation is 1. The fourth-order valence-corrected chi connectivity index (χ4v) is 3.41. The molecule has 0 aliphatic rings. The molecule has 4 heteroatoms. The molecule has 0 aliphatic heterocycles. The summed E-state index contributed by atoms with van der Waals surface area (Å²) in [5.41, 5.74) is 5.82. The third kappa shape index (κ3) is 3.38. The maximum atomic E-state index is 13.2. The van der Waals surface area contributed by atoms with Crippen molar-refractivity contribution in [3.05, 3.63) is 95.4 Å². The van der Waals surface area contributed by atoms with Gasteiger partial charge < -0.3 is 13.9 Å². The summed E-state index contributed by atoms with van der Waals surface area (Å²) in [5, 5.41) is 0. The smallest absolute Gasteiger partial charge is 0.270 e. The third-order valence-electron chi connectivity index (χ3n) is 4.94. The van der Waals surface area contributed by atoms with Crippen molar-refractivity contribution in [3.63, 3.8) is 0 Å². The summed E-state index contributed by atoms with van der Waals surface area (Å²) in [4.78, 5) is 14.9. The minimum atomic E-state index is -0.0150. The van der Waals surface area contributed by atoms with Crippen LogP contribution in [0.1, 0.15) is 27.2 Å². The van der Waals surface area contributed by atoms with Gasteiger partial charge in [-0.05, 0) is 23.6 Å². The normalized spacial score (nSPS) is 11.0. The number of carbonyl (C=O) groups excluding carboxylic acids is 1. The second kappa shape index (κ2) is 7.16. The highest BCUT2D eigenvalue weighted by molar-refractivity contribution is 5.97. The van der Waals surface area contributed by atoms with Gasteiger partial charge in [-0.25, -0.2) is 0 Å². The van der Waals surface area contributed by atoms with E-state index in [1.807, 2.05) is 66.2 Å². The molecule has 0 N–H and O–H groups in total. The zero-order chi connectivity index (χ0) is 18.8. The van der Waals surface area contributed by atoms with Crippen molar-refractivity contribution in [2.75, 3.05) is 7.05 Å². The molecule has 0 atom stereocenters. The number of carbonyl (C=O) groups is 1. The summed E-state index contributed by atoms with van der Waals surface area (Å²) in [6.07, 6.45) is 1.67. The van der Waals surface area contributed by atoms with Crippen LogP contribution in [-0.2, 0) is 13.1 Å². The Hall–Kier alpha value is -3.27. The van der Waals surface area contributed by atoms with E-state index in [0.29, 0.717) is 18.8 Å². The minimum Gasteiger partial charge on any atom is -0.463 e. The lowest BCUT2D eigenvalue weighted by Crippen LogP contribution is -2.28. The molecular formula is C23H22N2O2. The van der Waals surface area contributed by atoms with Gasteiger partial charge in [0.2, 0.25) is 0 Å². The van der Waals surface area contributed by atoms with Gasteiger partial charge in [-0.1, -0.05) is 54.6 Å². The molecule has 0 radical (unpaired) electrons. The predicted molar refractivity (Wildman–Crippen MR) is 107 cm³/mol. The first-order chi connectivity index (χ1) is 13.1. The van der Waals surface area contributed by atoms with E-state index in [1.54, 1.807) is 11.2 Å². The minimum absolute atomic E-state index is 0.0150. The van der Waals surface area contributed by atoms with Crippen LogP contribution in [0.5, 0.6) is 0 Å². The summed E-state index contributed by atoms with van der Waals surface area (Å²) in [6.45, 7) is 3.29. The van der Waals surface area contributed by atoms with E-state index < -0.39 is 0 Å². The number of hydrogen-bond acceptors (Lipinski definition) is 2. The Morgan fingerprint density at radius 1 is 1.04 bits per heavy atom. The molecule has 2 heterocycles. The number of fused-ring (bicyclic) bond motifs is 1. The van der Waals surface area contributed by atoms with Gasteiger partial charge in [0.1, 0.15) is 5.69 Å². The Morgan fingerprint density at radius 2 is 1.78 bits per heavy atom. The zero-order valence-electron chi connectivity index (χ0n) is 15.6. The van der Waals surface area contributed by atoms with Crippen molar-refractivity contribution in [2.24, 2.45) is 0 Å². The number of hydrogen-bond donors (Lipinski definition) is 0. The molecule has 0 fully saturated rings. The van der Waals surface area contributed by atoms with Crippen LogP contribution in [0.3, 0.4) is 0 Å². The quantitative estimate of drug-likeness (QED) is 0.511. The van der Waals surface area contributed by atoms with Gasteiger partial charge in [0.15, 0.2) is 5.58 Å². The highest BCUT2D eigenvalue weighted by atomic mass is 16.3. The number of nitrogens with zero attached hydrogens (tertiary/aromatic N) is 2. The molecule has 136 valence electrons. The Labute approximate surface area is 158 Å². The van der Waals surface area contributed by atoms with Gasteiger partial charge in [0.05, 0.1) is 11.8 Å². The van der Waals surface area contributed by atoms with E-state index in [1.165, 1.54) is 11.1 Å². The van der Waals surface area contributed by atoms with E-state index in [4.69, 9.17) is 4.42 Å². The van der Waals surface area contributed by atoms with Crippen molar-refractivity contribution >= 4 is 17.0 Å². The first-order valence-corrected chi connectivity index (χ1v) is 9.04. The van der Waals surface area contributed by atoms with Crippen molar-refractivity contribution in [3.8, 4) is 0 Å². The monoisotopic (exact) mass is 358 g/mol. The predicted octanol–water partition coefficient (Wildman–Crippen LogP) is 4.86. The molecule has 0 bridgehead atoms. The molecule has 0 unspecified atom stereocenters. The lowest BCUT2D eigenvalue weighted by Gasteiger charge is -2.19. The van der Waals surface area contributed by atoms with Crippen molar-refractivity contribution in [1.29, 1.82) is 0 Å². The molecule has 0 saturated heterocycles. The van der Waals surface area contributed by atoms with E-state index in [9.17, 15) is 4.79 Å². The SMILES string of the molecule is Cc1ccccc1Cn1c(C(=O)N(C)Cc2ccccc2)cc2occc21. The molecule has 0 aliphatic carbocycles. The van der Waals surface area contributed by atoms with E-state index in [0.717, 1.165) is 16.7 Å². The van der Waals surface area contributed by atoms with E-state index in [-0.39, 0.29) is 5.91 Å². The molecule has 4 rings (SSSR count). The van der Waals surface area contributed by atoms with Crippen LogP contribution >= 0.6 is 0 Å². The van der Waals surface area contributed by atoms with Gasteiger partial charge >= 0.3 is 0 Å². The lowest BCUT2D eigenvalue weighted by molar-refractivity contribution is 0.0775. The first-order valence-electron chi connectivity index (χ1n) is 9.04. The number of aromatic nitrogens is 1. The number of rotatable bonds is 5. The molecule has 2 aromatic heterocycles. The first kappa shape index (κ1) is 17.2. The summed E-state index contributed by atoms with van der Waals surface area (Å²) >= 11 is 0. The van der Waals surface area contributed by atoms with Crippen LogP contribution in [0.2, 0.25) is 0 Å².